The van der Waals surface area contributed by atoms with Gasteiger partial charge in [0.2, 0.25) is 0 Å². The predicted octanol–water partition coefficient (Wildman–Crippen LogP) is 3.27. The highest BCUT2D eigenvalue weighted by Gasteiger charge is 2.29. The van der Waals surface area contributed by atoms with E-state index in [1.807, 2.05) is 37.4 Å². The second-order valence-corrected chi connectivity index (χ2v) is 6.47. The van der Waals surface area contributed by atoms with Crippen LogP contribution in [0.2, 0.25) is 0 Å². The molecule has 2 heterocycles. The van der Waals surface area contributed by atoms with Crippen LogP contribution in [0.25, 0.3) is 10.9 Å². The zero-order chi connectivity index (χ0) is 16.5. The van der Waals surface area contributed by atoms with Gasteiger partial charge in [0.15, 0.2) is 0 Å². The van der Waals surface area contributed by atoms with E-state index in [9.17, 15) is 4.79 Å². The van der Waals surface area contributed by atoms with E-state index in [4.69, 9.17) is 4.98 Å². The van der Waals surface area contributed by atoms with Crippen molar-refractivity contribution in [1.82, 2.24) is 14.5 Å². The van der Waals surface area contributed by atoms with Crippen LogP contribution in [-0.2, 0) is 13.6 Å². The highest BCUT2D eigenvalue weighted by molar-refractivity contribution is 5.77. The van der Waals surface area contributed by atoms with Crippen LogP contribution < -0.4 is 5.56 Å². The maximum atomic E-state index is 12.7. The lowest BCUT2D eigenvalue weighted by atomic mass is 10.1. The second-order valence-electron chi connectivity index (χ2n) is 6.47. The summed E-state index contributed by atoms with van der Waals surface area (Å²) in [5.74, 6) is 0.882. The van der Waals surface area contributed by atoms with Crippen molar-refractivity contribution < 1.29 is 0 Å². The molecule has 0 saturated carbocycles. The number of fused-ring (bicyclic) bond motifs is 1. The average Bonchev–Trinajstić information content (AvgIpc) is 3.07. The Balaban J connectivity index is 1.73. The van der Waals surface area contributed by atoms with Crippen LogP contribution in [0, 0.1) is 0 Å². The van der Waals surface area contributed by atoms with Gasteiger partial charge in [0, 0.05) is 13.6 Å². The molecule has 0 aliphatic carbocycles. The molecule has 4 rings (SSSR count). The summed E-state index contributed by atoms with van der Waals surface area (Å²) in [5.41, 5.74) is 2.14. The van der Waals surface area contributed by atoms with E-state index in [0.717, 1.165) is 37.3 Å². The largest absolute Gasteiger partial charge is 0.298 e. The molecular weight excluding hydrogens is 298 g/mol. The number of rotatable bonds is 3. The lowest BCUT2D eigenvalue weighted by molar-refractivity contribution is 0.235. The normalized spacial score (nSPS) is 18.3. The fourth-order valence-corrected chi connectivity index (χ4v) is 3.66. The zero-order valence-corrected chi connectivity index (χ0v) is 13.9. The van der Waals surface area contributed by atoms with E-state index in [2.05, 4.69) is 29.2 Å². The highest BCUT2D eigenvalue weighted by atomic mass is 16.1. The molecule has 122 valence electrons. The molecule has 1 unspecified atom stereocenters. The van der Waals surface area contributed by atoms with Gasteiger partial charge in [-0.2, -0.15) is 0 Å². The third-order valence-electron chi connectivity index (χ3n) is 4.91. The van der Waals surface area contributed by atoms with E-state index < -0.39 is 0 Å². The Kier molecular flexibility index (Phi) is 3.90. The standard InChI is InChI=1S/C20H21N3O/c1-22-19(21-17-11-6-5-10-16(17)20(22)24)18-12-7-13-23(18)14-15-8-3-2-4-9-15/h2-6,8-11,18H,7,12-14H2,1H3. The molecule has 0 radical (unpaired) electrons. The molecule has 24 heavy (non-hydrogen) atoms. The molecule has 1 saturated heterocycles. The Morgan fingerprint density at radius 1 is 1.08 bits per heavy atom. The smallest absolute Gasteiger partial charge is 0.261 e. The number of nitrogens with zero attached hydrogens (tertiary/aromatic N) is 3. The first kappa shape index (κ1) is 15.1. The maximum Gasteiger partial charge on any atom is 0.261 e. The zero-order valence-electron chi connectivity index (χ0n) is 13.9. The Hall–Kier alpha value is -2.46. The molecule has 0 N–H and O–H groups in total. The van der Waals surface area contributed by atoms with E-state index in [1.54, 1.807) is 4.57 Å². The summed E-state index contributed by atoms with van der Waals surface area (Å²) in [6.45, 7) is 1.94. The van der Waals surface area contributed by atoms with E-state index in [1.165, 1.54) is 5.56 Å². The van der Waals surface area contributed by atoms with Crippen LogP contribution in [0.1, 0.15) is 30.3 Å². The van der Waals surface area contributed by atoms with Crippen molar-refractivity contribution in [2.45, 2.75) is 25.4 Å². The van der Waals surface area contributed by atoms with Crippen LogP contribution in [-0.4, -0.2) is 21.0 Å². The molecule has 2 aromatic carbocycles. The van der Waals surface area contributed by atoms with Crippen molar-refractivity contribution in [3.63, 3.8) is 0 Å². The average molecular weight is 319 g/mol. The van der Waals surface area contributed by atoms with Gasteiger partial charge < -0.3 is 0 Å². The fourth-order valence-electron chi connectivity index (χ4n) is 3.66. The van der Waals surface area contributed by atoms with Gasteiger partial charge in [-0.15, -0.1) is 0 Å². The van der Waals surface area contributed by atoms with Crippen molar-refractivity contribution in [1.29, 1.82) is 0 Å². The number of aromatic nitrogens is 2. The highest BCUT2D eigenvalue weighted by Crippen LogP contribution is 2.32. The SMILES string of the molecule is Cn1c(C2CCCN2Cc2ccccc2)nc2ccccc2c1=O. The molecule has 1 atom stereocenters. The molecule has 0 amide bonds. The second kappa shape index (κ2) is 6.21. The first-order valence-corrected chi connectivity index (χ1v) is 8.47. The number of hydrogen-bond acceptors (Lipinski definition) is 3. The van der Waals surface area contributed by atoms with Gasteiger partial charge >= 0.3 is 0 Å². The van der Waals surface area contributed by atoms with Crippen molar-refractivity contribution in [2.24, 2.45) is 7.05 Å². The summed E-state index contributed by atoms with van der Waals surface area (Å²) in [4.78, 5) is 19.9. The number of hydrogen-bond donors (Lipinski definition) is 0. The summed E-state index contributed by atoms with van der Waals surface area (Å²) in [6, 6.07) is 18.3. The Bertz CT molecular complexity index is 917. The van der Waals surface area contributed by atoms with Crippen LogP contribution in [0.3, 0.4) is 0 Å². The van der Waals surface area contributed by atoms with Gasteiger partial charge in [-0.3, -0.25) is 14.3 Å². The number of para-hydroxylation sites is 1. The van der Waals surface area contributed by atoms with Crippen molar-refractivity contribution in [2.75, 3.05) is 6.54 Å². The van der Waals surface area contributed by atoms with Crippen molar-refractivity contribution >= 4 is 10.9 Å². The first-order chi connectivity index (χ1) is 11.7. The van der Waals surface area contributed by atoms with Crippen molar-refractivity contribution in [3.8, 4) is 0 Å². The summed E-state index contributed by atoms with van der Waals surface area (Å²) < 4.78 is 1.73. The minimum absolute atomic E-state index is 0.0437. The summed E-state index contributed by atoms with van der Waals surface area (Å²) in [5, 5.41) is 0.691. The molecule has 3 aromatic rings. The minimum Gasteiger partial charge on any atom is -0.298 e. The number of benzene rings is 2. The summed E-state index contributed by atoms with van der Waals surface area (Å²) in [6.07, 6.45) is 2.19. The third-order valence-corrected chi connectivity index (χ3v) is 4.91. The fraction of sp³-hybridized carbons (Fsp3) is 0.300. The van der Waals surface area contributed by atoms with E-state index in [-0.39, 0.29) is 11.6 Å². The minimum atomic E-state index is 0.0437. The Morgan fingerprint density at radius 2 is 1.83 bits per heavy atom. The lowest BCUT2D eigenvalue weighted by Crippen LogP contribution is -2.30. The van der Waals surface area contributed by atoms with Gasteiger partial charge in [0.1, 0.15) is 5.82 Å². The van der Waals surface area contributed by atoms with Crippen LogP contribution in [0.4, 0.5) is 0 Å². The van der Waals surface area contributed by atoms with Gasteiger partial charge in [-0.25, -0.2) is 4.98 Å². The molecule has 4 heteroatoms. The molecule has 1 aromatic heterocycles. The lowest BCUT2D eigenvalue weighted by Gasteiger charge is -2.25. The molecule has 0 spiro atoms. The molecule has 1 aliphatic heterocycles. The van der Waals surface area contributed by atoms with Gasteiger partial charge in [-0.05, 0) is 37.1 Å². The van der Waals surface area contributed by atoms with Gasteiger partial charge in [0.05, 0.1) is 16.9 Å². The molecule has 1 fully saturated rings. The Morgan fingerprint density at radius 3 is 2.67 bits per heavy atom. The molecular formula is C20H21N3O. The van der Waals surface area contributed by atoms with Crippen LogP contribution in [0.15, 0.2) is 59.4 Å². The maximum absolute atomic E-state index is 12.7. The molecule has 4 nitrogen and oxygen atoms in total. The predicted molar refractivity (Wildman–Crippen MR) is 95.8 cm³/mol. The molecule has 1 aliphatic rings. The monoisotopic (exact) mass is 319 g/mol. The topological polar surface area (TPSA) is 38.1 Å². The summed E-state index contributed by atoms with van der Waals surface area (Å²) in [7, 11) is 1.84. The van der Waals surface area contributed by atoms with Gasteiger partial charge in [-0.1, -0.05) is 42.5 Å². The van der Waals surface area contributed by atoms with E-state index in [0.29, 0.717) is 5.39 Å². The molecule has 0 bridgehead atoms. The number of likely N-dealkylation sites (tertiary alicyclic amines) is 1. The quantitative estimate of drug-likeness (QED) is 0.743. The summed E-state index contributed by atoms with van der Waals surface area (Å²) >= 11 is 0. The van der Waals surface area contributed by atoms with Gasteiger partial charge in [0.25, 0.3) is 5.56 Å². The first-order valence-electron chi connectivity index (χ1n) is 8.47. The van der Waals surface area contributed by atoms with Crippen LogP contribution in [0.5, 0.6) is 0 Å². The Labute approximate surface area is 141 Å². The van der Waals surface area contributed by atoms with Crippen LogP contribution >= 0.6 is 0 Å². The van der Waals surface area contributed by atoms with Crippen molar-refractivity contribution in [3.05, 3.63) is 76.3 Å². The van der Waals surface area contributed by atoms with E-state index >= 15 is 0 Å². The third kappa shape index (κ3) is 2.63.